The maximum Gasteiger partial charge on any atom is 0.287 e. The van der Waals surface area contributed by atoms with Crippen LogP contribution < -0.4 is 15.4 Å². The Morgan fingerprint density at radius 1 is 1.21 bits per heavy atom. The lowest BCUT2D eigenvalue weighted by Gasteiger charge is -2.17. The van der Waals surface area contributed by atoms with Crippen molar-refractivity contribution in [3.8, 4) is 5.75 Å². The molecule has 1 amide bonds. The zero-order valence-electron chi connectivity index (χ0n) is 17.8. The minimum absolute atomic E-state index is 0.0269. The van der Waals surface area contributed by atoms with E-state index in [4.69, 9.17) is 32.4 Å². The monoisotopic (exact) mass is 494 g/mol. The molecule has 0 saturated heterocycles. The van der Waals surface area contributed by atoms with E-state index in [1.165, 1.54) is 12.1 Å². The van der Waals surface area contributed by atoms with Crippen molar-refractivity contribution in [2.75, 3.05) is 19.7 Å². The molecule has 0 radical (unpaired) electrons. The molecule has 33 heavy (non-hydrogen) atoms. The molecular formula is C24H25Cl2FN2O4. The van der Waals surface area contributed by atoms with Crippen LogP contribution in [0.2, 0.25) is 10.0 Å². The average molecular weight is 495 g/mol. The Morgan fingerprint density at radius 2 is 2.06 bits per heavy atom. The predicted molar refractivity (Wildman–Crippen MR) is 126 cm³/mol. The second-order valence-corrected chi connectivity index (χ2v) is 9.17. The topological polar surface area (TPSA) is 83.7 Å². The van der Waals surface area contributed by atoms with Crippen LogP contribution in [0.4, 0.5) is 4.39 Å². The van der Waals surface area contributed by atoms with Crippen molar-refractivity contribution >= 4 is 40.1 Å². The third kappa shape index (κ3) is 6.38. The Hall–Kier alpha value is -2.32. The number of carbonyl (C=O) groups excluding carboxylic acids is 1. The van der Waals surface area contributed by atoms with Crippen molar-refractivity contribution in [2.45, 2.75) is 31.4 Å². The summed E-state index contributed by atoms with van der Waals surface area (Å²) in [4.78, 5) is 12.4. The Kier molecular flexibility index (Phi) is 7.75. The van der Waals surface area contributed by atoms with Crippen LogP contribution in [0.1, 0.15) is 29.8 Å². The van der Waals surface area contributed by atoms with Gasteiger partial charge in [-0.3, -0.25) is 4.79 Å². The van der Waals surface area contributed by atoms with Gasteiger partial charge in [0.15, 0.2) is 5.76 Å². The number of aliphatic hydroxyl groups is 1. The largest absolute Gasteiger partial charge is 0.491 e. The number of nitrogens with one attached hydrogen (secondary N) is 2. The van der Waals surface area contributed by atoms with Gasteiger partial charge in [0.1, 0.15) is 29.9 Å². The van der Waals surface area contributed by atoms with Gasteiger partial charge in [0.05, 0.1) is 5.02 Å². The van der Waals surface area contributed by atoms with E-state index in [0.717, 1.165) is 24.6 Å². The molecule has 1 aliphatic rings. The van der Waals surface area contributed by atoms with Gasteiger partial charge in [-0.15, -0.1) is 0 Å². The number of furan rings is 1. The van der Waals surface area contributed by atoms with Gasteiger partial charge < -0.3 is 24.9 Å². The van der Waals surface area contributed by atoms with Crippen LogP contribution in [0.5, 0.6) is 5.75 Å². The number of amides is 1. The summed E-state index contributed by atoms with van der Waals surface area (Å²) < 4.78 is 24.5. The molecule has 4 rings (SSSR count). The molecule has 2 aromatic carbocycles. The van der Waals surface area contributed by atoms with Crippen molar-refractivity contribution < 1.29 is 23.4 Å². The Labute approximate surface area is 201 Å². The predicted octanol–water partition coefficient (Wildman–Crippen LogP) is 4.81. The summed E-state index contributed by atoms with van der Waals surface area (Å²) in [6, 6.07) is 11.3. The van der Waals surface area contributed by atoms with Gasteiger partial charge in [0.25, 0.3) is 5.91 Å². The Balaban J connectivity index is 1.16. The van der Waals surface area contributed by atoms with Gasteiger partial charge in [-0.05, 0) is 61.6 Å². The number of aliphatic hydroxyl groups excluding tert-OH is 1. The number of fused-ring (bicyclic) bond motifs is 1. The molecule has 1 saturated carbocycles. The van der Waals surface area contributed by atoms with Crippen LogP contribution in [0.25, 0.3) is 11.0 Å². The van der Waals surface area contributed by atoms with Crippen LogP contribution in [0.15, 0.2) is 46.9 Å². The molecule has 1 fully saturated rings. The van der Waals surface area contributed by atoms with Gasteiger partial charge in [-0.25, -0.2) is 4.39 Å². The first-order chi connectivity index (χ1) is 15.9. The number of ether oxygens (including phenoxy) is 1. The van der Waals surface area contributed by atoms with Gasteiger partial charge in [0, 0.05) is 35.6 Å². The minimum Gasteiger partial charge on any atom is -0.491 e. The number of carbonyl (C=O) groups is 1. The Bertz CT molecular complexity index is 1120. The van der Waals surface area contributed by atoms with Crippen LogP contribution in [-0.2, 0) is 0 Å². The molecule has 1 heterocycles. The molecule has 0 aliphatic heterocycles. The summed E-state index contributed by atoms with van der Waals surface area (Å²) >= 11 is 11.6. The highest BCUT2D eigenvalue weighted by molar-refractivity contribution is 6.31. The smallest absolute Gasteiger partial charge is 0.287 e. The lowest BCUT2D eigenvalue weighted by atomic mass is 10.1. The van der Waals surface area contributed by atoms with E-state index in [-0.39, 0.29) is 29.3 Å². The highest BCUT2D eigenvalue weighted by atomic mass is 35.5. The maximum absolute atomic E-state index is 13.4. The van der Waals surface area contributed by atoms with Gasteiger partial charge in [0.2, 0.25) is 0 Å². The van der Waals surface area contributed by atoms with E-state index < -0.39 is 11.9 Å². The molecule has 3 N–H and O–H groups in total. The zero-order chi connectivity index (χ0) is 23.4. The highest BCUT2D eigenvalue weighted by Gasteiger charge is 2.25. The molecule has 3 unspecified atom stereocenters. The second kappa shape index (κ2) is 10.7. The van der Waals surface area contributed by atoms with Crippen molar-refractivity contribution in [3.05, 3.63) is 64.1 Å². The summed E-state index contributed by atoms with van der Waals surface area (Å²) in [5, 5.41) is 17.9. The lowest BCUT2D eigenvalue weighted by Crippen LogP contribution is -2.37. The van der Waals surface area contributed by atoms with Crippen molar-refractivity contribution in [1.29, 1.82) is 0 Å². The van der Waals surface area contributed by atoms with E-state index in [1.807, 2.05) is 0 Å². The quantitative estimate of drug-likeness (QED) is 0.397. The standard InChI is InChI=1S/C24H25Cl2FN2O4/c25-16-2-6-22-15(8-16)9-23(33-22)24(31)29-11-14-1-3-17(7-14)28-12-18(30)13-32-19-4-5-20(26)21(27)10-19/h2,4-6,8-10,14,17-18,28,30H,1,3,7,11-13H2,(H,29,31). The Morgan fingerprint density at radius 3 is 2.88 bits per heavy atom. The minimum atomic E-state index is -0.732. The zero-order valence-corrected chi connectivity index (χ0v) is 19.3. The SMILES string of the molecule is O=C(NCC1CCC(NCC(O)COc2ccc(Cl)c(F)c2)C1)c1cc2cc(Cl)ccc2o1. The molecule has 9 heteroatoms. The normalized spacial score (nSPS) is 19.0. The van der Waals surface area contributed by atoms with Crippen LogP contribution >= 0.6 is 23.2 Å². The van der Waals surface area contributed by atoms with E-state index >= 15 is 0 Å². The van der Waals surface area contributed by atoms with Crippen LogP contribution in [-0.4, -0.2) is 42.9 Å². The van der Waals surface area contributed by atoms with E-state index in [1.54, 1.807) is 30.3 Å². The number of halogens is 3. The van der Waals surface area contributed by atoms with Gasteiger partial charge >= 0.3 is 0 Å². The van der Waals surface area contributed by atoms with Gasteiger partial charge in [-0.1, -0.05) is 23.2 Å². The summed E-state index contributed by atoms with van der Waals surface area (Å²) in [7, 11) is 0. The molecule has 1 aromatic heterocycles. The third-order valence-corrected chi connectivity index (χ3v) is 6.31. The number of hydrogen-bond acceptors (Lipinski definition) is 5. The molecule has 176 valence electrons. The summed E-state index contributed by atoms with van der Waals surface area (Å²) in [6.07, 6.45) is 2.10. The van der Waals surface area contributed by atoms with E-state index in [9.17, 15) is 14.3 Å². The molecular weight excluding hydrogens is 470 g/mol. The van der Waals surface area contributed by atoms with E-state index in [2.05, 4.69) is 10.6 Å². The number of hydrogen-bond donors (Lipinski definition) is 3. The molecule has 0 spiro atoms. The van der Waals surface area contributed by atoms with Crippen molar-refractivity contribution in [1.82, 2.24) is 10.6 Å². The first-order valence-electron chi connectivity index (χ1n) is 10.8. The molecule has 3 aromatic rings. The fourth-order valence-corrected chi connectivity index (χ4v) is 4.31. The van der Waals surface area contributed by atoms with E-state index in [0.29, 0.717) is 35.4 Å². The van der Waals surface area contributed by atoms with Crippen molar-refractivity contribution in [2.24, 2.45) is 5.92 Å². The van der Waals surface area contributed by atoms with Gasteiger partial charge in [-0.2, -0.15) is 0 Å². The fraction of sp³-hybridized carbons (Fsp3) is 0.375. The highest BCUT2D eigenvalue weighted by Crippen LogP contribution is 2.26. The summed E-state index contributed by atoms with van der Waals surface area (Å²) in [5.41, 5.74) is 0.624. The maximum atomic E-state index is 13.4. The molecule has 0 bridgehead atoms. The average Bonchev–Trinajstić information content (AvgIpc) is 3.43. The molecule has 3 atom stereocenters. The molecule has 6 nitrogen and oxygen atoms in total. The number of rotatable bonds is 9. The van der Waals surface area contributed by atoms with Crippen LogP contribution in [0, 0.1) is 11.7 Å². The first kappa shape index (κ1) is 23.8. The lowest BCUT2D eigenvalue weighted by molar-refractivity contribution is 0.0921. The fourth-order valence-electron chi connectivity index (χ4n) is 4.02. The second-order valence-electron chi connectivity index (χ2n) is 8.33. The third-order valence-electron chi connectivity index (χ3n) is 5.77. The molecule has 1 aliphatic carbocycles. The summed E-state index contributed by atoms with van der Waals surface area (Å²) in [5.74, 6) is 0.125. The van der Waals surface area contributed by atoms with Crippen LogP contribution in [0.3, 0.4) is 0 Å². The number of benzene rings is 2. The van der Waals surface area contributed by atoms with Crippen molar-refractivity contribution in [3.63, 3.8) is 0 Å². The first-order valence-corrected chi connectivity index (χ1v) is 11.6. The summed E-state index contributed by atoms with van der Waals surface area (Å²) in [6.45, 7) is 0.965.